The van der Waals surface area contributed by atoms with E-state index in [1.54, 1.807) is 0 Å². The van der Waals surface area contributed by atoms with Crippen LogP contribution in [-0.4, -0.2) is 121 Å². The van der Waals surface area contributed by atoms with Crippen LogP contribution < -0.4 is 10.1 Å². The number of nitrogens with one attached hydrogen (secondary N) is 1. The number of hydrogen-bond donors (Lipinski definition) is 1. The molecule has 1 aromatic rings. The van der Waals surface area contributed by atoms with E-state index in [4.69, 9.17) is 28.8 Å². The van der Waals surface area contributed by atoms with E-state index in [0.717, 1.165) is 43.4 Å². The second-order valence-electron chi connectivity index (χ2n) is 13.3. The molecule has 16 nitrogen and oxygen atoms in total. The first-order chi connectivity index (χ1) is 24.1. The molecule has 16 heteroatoms. The average molecular weight is 724 g/mol. The summed E-state index contributed by atoms with van der Waals surface area (Å²) >= 11 is 0. The Balaban J connectivity index is 2.03. The topological polar surface area (TPSA) is 166 Å². The van der Waals surface area contributed by atoms with Gasteiger partial charge in [-0.2, -0.15) is 0 Å². The molecule has 1 fully saturated rings. The van der Waals surface area contributed by atoms with Crippen molar-refractivity contribution in [3.63, 3.8) is 0 Å². The SMILES string of the molecule is CC(=O)ON1CCN(OC(C)=O)CCN(OC(C)=O)C(Cc2ccc(OCCCCCCCNC(=O)OC(C)(C)C)cc2)CN(OC(C)=O)CC1. The third-order valence-electron chi connectivity index (χ3n) is 7.26. The molecule has 1 unspecified atom stereocenters. The van der Waals surface area contributed by atoms with Crippen molar-refractivity contribution in [2.75, 3.05) is 59.0 Å². The zero-order valence-electron chi connectivity index (χ0n) is 31.3. The van der Waals surface area contributed by atoms with Crippen molar-refractivity contribution >= 4 is 30.0 Å². The molecule has 1 atom stereocenters. The van der Waals surface area contributed by atoms with Crippen LogP contribution in [0, 0.1) is 0 Å². The molecule has 1 amide bonds. The number of alkyl carbamates (subject to hydrolysis) is 1. The van der Waals surface area contributed by atoms with Gasteiger partial charge in [0.15, 0.2) is 0 Å². The number of benzene rings is 1. The lowest BCUT2D eigenvalue weighted by molar-refractivity contribution is -0.238. The van der Waals surface area contributed by atoms with Gasteiger partial charge in [-0.05, 0) is 57.7 Å². The molecule has 1 N–H and O–H groups in total. The summed E-state index contributed by atoms with van der Waals surface area (Å²) in [5.41, 5.74) is 0.408. The number of hydroxylamine groups is 8. The summed E-state index contributed by atoms with van der Waals surface area (Å²) in [5, 5.41) is 8.59. The van der Waals surface area contributed by atoms with E-state index < -0.39 is 41.6 Å². The lowest BCUT2D eigenvalue weighted by Crippen LogP contribution is -2.51. The fourth-order valence-corrected chi connectivity index (χ4v) is 5.19. The summed E-state index contributed by atoms with van der Waals surface area (Å²) in [6.07, 6.45) is 4.81. The van der Waals surface area contributed by atoms with E-state index in [1.165, 1.54) is 47.9 Å². The molecule has 0 saturated carbocycles. The van der Waals surface area contributed by atoms with E-state index in [0.29, 0.717) is 19.6 Å². The maximum atomic E-state index is 12.2. The largest absolute Gasteiger partial charge is 0.494 e. The first-order valence-electron chi connectivity index (χ1n) is 17.5. The first-order valence-corrected chi connectivity index (χ1v) is 17.5. The molecular weight excluding hydrogens is 666 g/mol. The predicted molar refractivity (Wildman–Crippen MR) is 185 cm³/mol. The Labute approximate surface area is 301 Å². The number of unbranched alkanes of at least 4 members (excludes halogenated alkanes) is 4. The van der Waals surface area contributed by atoms with Crippen molar-refractivity contribution in [3.8, 4) is 5.75 Å². The highest BCUT2D eigenvalue weighted by Crippen LogP contribution is 2.18. The summed E-state index contributed by atoms with van der Waals surface area (Å²) in [4.78, 5) is 81.5. The minimum Gasteiger partial charge on any atom is -0.494 e. The monoisotopic (exact) mass is 723 g/mol. The van der Waals surface area contributed by atoms with Gasteiger partial charge in [0.1, 0.15) is 11.4 Å². The van der Waals surface area contributed by atoms with E-state index in [9.17, 15) is 24.0 Å². The van der Waals surface area contributed by atoms with Crippen molar-refractivity contribution in [2.45, 2.75) is 98.6 Å². The molecule has 1 heterocycles. The van der Waals surface area contributed by atoms with Crippen LogP contribution >= 0.6 is 0 Å². The number of nitrogens with zero attached hydrogens (tertiary/aromatic N) is 4. The van der Waals surface area contributed by atoms with Crippen LogP contribution in [0.1, 0.15) is 86.1 Å². The van der Waals surface area contributed by atoms with Gasteiger partial charge in [0, 0.05) is 34.2 Å². The van der Waals surface area contributed by atoms with Crippen molar-refractivity contribution in [1.82, 2.24) is 25.6 Å². The molecule has 51 heavy (non-hydrogen) atoms. The molecule has 0 aromatic heterocycles. The van der Waals surface area contributed by atoms with Crippen LogP contribution in [0.5, 0.6) is 5.75 Å². The smallest absolute Gasteiger partial charge is 0.407 e. The van der Waals surface area contributed by atoms with Crippen molar-refractivity contribution < 1.29 is 52.8 Å². The number of carbonyl (C=O) groups excluding carboxylic acids is 5. The molecule has 0 aliphatic carbocycles. The number of carbonyl (C=O) groups is 5. The van der Waals surface area contributed by atoms with Gasteiger partial charge in [0.25, 0.3) is 0 Å². The minimum atomic E-state index is -0.535. The van der Waals surface area contributed by atoms with Gasteiger partial charge in [-0.3, -0.25) is 19.2 Å². The molecular formula is C35H57N5O11. The van der Waals surface area contributed by atoms with Crippen LogP contribution in [0.4, 0.5) is 4.79 Å². The summed E-state index contributed by atoms with van der Waals surface area (Å²) in [6.45, 7) is 13.0. The van der Waals surface area contributed by atoms with Crippen molar-refractivity contribution in [2.24, 2.45) is 0 Å². The molecule has 1 saturated heterocycles. The van der Waals surface area contributed by atoms with Gasteiger partial charge in [-0.1, -0.05) is 31.4 Å². The van der Waals surface area contributed by atoms with Gasteiger partial charge < -0.3 is 34.1 Å². The Morgan fingerprint density at radius 3 is 1.71 bits per heavy atom. The maximum absolute atomic E-state index is 12.2. The highest BCUT2D eigenvalue weighted by molar-refractivity contribution is 5.67. The fourth-order valence-electron chi connectivity index (χ4n) is 5.19. The third kappa shape index (κ3) is 20.5. The van der Waals surface area contributed by atoms with Gasteiger partial charge in [-0.15, -0.1) is 20.3 Å². The van der Waals surface area contributed by atoms with Gasteiger partial charge in [0.05, 0.1) is 58.5 Å². The Morgan fingerprint density at radius 2 is 1.16 bits per heavy atom. The summed E-state index contributed by atoms with van der Waals surface area (Å²) < 4.78 is 11.2. The Bertz CT molecular complexity index is 1240. The molecule has 0 spiro atoms. The van der Waals surface area contributed by atoms with Crippen LogP contribution in [0.2, 0.25) is 0 Å². The third-order valence-corrected chi connectivity index (χ3v) is 7.26. The van der Waals surface area contributed by atoms with E-state index in [-0.39, 0.29) is 45.8 Å². The van der Waals surface area contributed by atoms with Crippen LogP contribution in [0.3, 0.4) is 0 Å². The van der Waals surface area contributed by atoms with E-state index in [2.05, 4.69) is 5.32 Å². The lowest BCUT2D eigenvalue weighted by Gasteiger charge is -2.35. The number of amides is 1. The summed E-state index contributed by atoms with van der Waals surface area (Å²) in [5.74, 6) is -1.39. The second-order valence-corrected chi connectivity index (χ2v) is 13.3. The van der Waals surface area contributed by atoms with Gasteiger partial charge in [0.2, 0.25) is 0 Å². The van der Waals surface area contributed by atoms with Crippen molar-refractivity contribution in [3.05, 3.63) is 29.8 Å². The first kappa shape index (κ1) is 43.2. The normalized spacial score (nSPS) is 17.3. The fraction of sp³-hybridized carbons (Fsp3) is 0.686. The minimum absolute atomic E-state index is 0.143. The van der Waals surface area contributed by atoms with Crippen LogP contribution in [0.25, 0.3) is 0 Å². The molecule has 0 radical (unpaired) electrons. The number of rotatable bonds is 15. The Hall–Kier alpha value is -3.99. The average Bonchev–Trinajstić information content (AvgIpc) is 3.01. The highest BCUT2D eigenvalue weighted by Gasteiger charge is 2.29. The van der Waals surface area contributed by atoms with E-state index in [1.807, 2.05) is 45.0 Å². The Morgan fingerprint density at radius 1 is 0.667 bits per heavy atom. The molecule has 1 aliphatic rings. The zero-order chi connectivity index (χ0) is 37.8. The van der Waals surface area contributed by atoms with Crippen LogP contribution in [-0.2, 0) is 49.7 Å². The lowest BCUT2D eigenvalue weighted by atomic mass is 10.0. The van der Waals surface area contributed by atoms with Crippen molar-refractivity contribution in [1.29, 1.82) is 0 Å². The molecule has 288 valence electrons. The number of hydrogen-bond acceptors (Lipinski definition) is 15. The quantitative estimate of drug-likeness (QED) is 0.261. The van der Waals surface area contributed by atoms with Gasteiger partial charge in [-0.25, -0.2) is 4.79 Å². The predicted octanol–water partition coefficient (Wildman–Crippen LogP) is 3.59. The van der Waals surface area contributed by atoms with Gasteiger partial charge >= 0.3 is 30.0 Å². The summed E-state index contributed by atoms with van der Waals surface area (Å²) in [6, 6.07) is 7.12. The molecule has 1 aromatic carbocycles. The Kier molecular flexibility index (Phi) is 19.3. The molecule has 0 bridgehead atoms. The maximum Gasteiger partial charge on any atom is 0.407 e. The molecule has 1 aliphatic heterocycles. The van der Waals surface area contributed by atoms with Crippen LogP contribution in [0.15, 0.2) is 24.3 Å². The second kappa shape index (κ2) is 22.7. The van der Waals surface area contributed by atoms with E-state index >= 15 is 0 Å². The summed E-state index contributed by atoms with van der Waals surface area (Å²) in [7, 11) is 0. The zero-order valence-corrected chi connectivity index (χ0v) is 31.3. The number of ether oxygens (including phenoxy) is 2. The standard InChI is InChI=1S/C35H57N5O11/c1-27(41)48-37-18-19-38(49-28(2)42)22-23-40(51-30(4)44)32(26-39(21-20-37)50-29(3)43)25-31-13-15-33(16-14-31)46-24-12-10-8-9-11-17-36-34(45)47-35(5,6)7/h13-16,32H,8-12,17-26H2,1-7H3,(H,36,45). The molecule has 2 rings (SSSR count). The highest BCUT2D eigenvalue weighted by atomic mass is 16.7.